The lowest BCUT2D eigenvalue weighted by atomic mass is 10.3. The zero-order valence-corrected chi connectivity index (χ0v) is 11.4. The van der Waals surface area contributed by atoms with E-state index in [9.17, 15) is 0 Å². The molecule has 5 nitrogen and oxygen atoms in total. The fraction of sp³-hybridized carbons (Fsp3) is 0.500. The summed E-state index contributed by atoms with van der Waals surface area (Å²) in [5.41, 5.74) is 0.797. The van der Waals surface area contributed by atoms with Gasteiger partial charge in [-0.25, -0.2) is 9.97 Å². The van der Waals surface area contributed by atoms with Crippen LogP contribution in [0.5, 0.6) is 0 Å². The Labute approximate surface area is 108 Å². The molecule has 0 saturated carbocycles. The summed E-state index contributed by atoms with van der Waals surface area (Å²) in [4.78, 5) is 8.67. The van der Waals surface area contributed by atoms with Crippen LogP contribution in [0.2, 0.25) is 0 Å². The van der Waals surface area contributed by atoms with Crippen molar-refractivity contribution >= 4 is 23.3 Å². The quantitative estimate of drug-likeness (QED) is 0.898. The number of imidazole rings is 1. The van der Waals surface area contributed by atoms with Gasteiger partial charge in [0.15, 0.2) is 9.50 Å². The first kappa shape index (κ1) is 12.5. The summed E-state index contributed by atoms with van der Waals surface area (Å²) >= 11 is 2.88. The molecule has 1 N–H and O–H groups in total. The van der Waals surface area contributed by atoms with Crippen LogP contribution >= 0.6 is 23.3 Å². The Morgan fingerprint density at radius 2 is 2.35 bits per heavy atom. The molecule has 0 bridgehead atoms. The molecule has 0 radical (unpaired) electrons. The van der Waals surface area contributed by atoms with Gasteiger partial charge in [0, 0.05) is 13.5 Å². The van der Waals surface area contributed by atoms with Crippen molar-refractivity contribution in [1.82, 2.24) is 18.9 Å². The SMILES string of the molecule is CCCc1nsc(Sc2ncc(CO)n2C)n1. The van der Waals surface area contributed by atoms with E-state index in [2.05, 4.69) is 21.3 Å². The Balaban J connectivity index is 2.11. The molecule has 0 saturated heterocycles. The van der Waals surface area contributed by atoms with Crippen molar-refractivity contribution in [1.29, 1.82) is 0 Å². The highest BCUT2D eigenvalue weighted by molar-refractivity contribution is 8.00. The van der Waals surface area contributed by atoms with Crippen LogP contribution in [-0.2, 0) is 20.1 Å². The van der Waals surface area contributed by atoms with Crippen molar-refractivity contribution < 1.29 is 5.11 Å². The summed E-state index contributed by atoms with van der Waals surface area (Å²) in [6.45, 7) is 2.11. The van der Waals surface area contributed by atoms with Crippen LogP contribution in [0.3, 0.4) is 0 Å². The second-order valence-electron chi connectivity index (χ2n) is 3.58. The molecule has 92 valence electrons. The summed E-state index contributed by atoms with van der Waals surface area (Å²) < 4.78 is 7.04. The molecule has 7 heteroatoms. The third-order valence-corrected chi connectivity index (χ3v) is 4.16. The lowest BCUT2D eigenvalue weighted by molar-refractivity contribution is 0.271. The summed E-state index contributed by atoms with van der Waals surface area (Å²) in [6.07, 6.45) is 3.65. The average Bonchev–Trinajstić information content (AvgIpc) is 2.89. The lowest BCUT2D eigenvalue weighted by Crippen LogP contribution is -1.97. The van der Waals surface area contributed by atoms with E-state index in [1.807, 2.05) is 11.6 Å². The maximum absolute atomic E-state index is 9.08. The molecule has 0 aliphatic heterocycles. The van der Waals surface area contributed by atoms with E-state index >= 15 is 0 Å². The van der Waals surface area contributed by atoms with Crippen molar-refractivity contribution in [3.05, 3.63) is 17.7 Å². The van der Waals surface area contributed by atoms with E-state index in [1.165, 1.54) is 23.3 Å². The molecule has 0 spiro atoms. The molecular formula is C10H14N4OS2. The first-order valence-electron chi connectivity index (χ1n) is 5.36. The molecule has 0 amide bonds. The fourth-order valence-electron chi connectivity index (χ4n) is 1.35. The molecule has 17 heavy (non-hydrogen) atoms. The van der Waals surface area contributed by atoms with E-state index in [-0.39, 0.29) is 6.61 Å². The van der Waals surface area contributed by atoms with Gasteiger partial charge < -0.3 is 9.67 Å². The Kier molecular flexibility index (Phi) is 4.14. The van der Waals surface area contributed by atoms with Crippen molar-refractivity contribution in [2.45, 2.75) is 35.9 Å². The third kappa shape index (κ3) is 2.85. The lowest BCUT2D eigenvalue weighted by Gasteiger charge is -2.00. The highest BCUT2D eigenvalue weighted by atomic mass is 32.2. The molecule has 2 aromatic rings. The van der Waals surface area contributed by atoms with Crippen LogP contribution in [0.25, 0.3) is 0 Å². The summed E-state index contributed by atoms with van der Waals surface area (Å²) in [7, 11) is 1.88. The molecular weight excluding hydrogens is 256 g/mol. The van der Waals surface area contributed by atoms with Crippen molar-refractivity contribution in [2.24, 2.45) is 7.05 Å². The largest absolute Gasteiger partial charge is 0.390 e. The summed E-state index contributed by atoms with van der Waals surface area (Å²) in [5, 5.41) is 9.90. The van der Waals surface area contributed by atoms with E-state index in [0.717, 1.165) is 33.9 Å². The minimum Gasteiger partial charge on any atom is -0.390 e. The smallest absolute Gasteiger partial charge is 0.177 e. The predicted molar refractivity (Wildman–Crippen MR) is 67.2 cm³/mol. The number of aromatic nitrogens is 4. The van der Waals surface area contributed by atoms with Crippen molar-refractivity contribution in [3.63, 3.8) is 0 Å². The molecule has 2 rings (SSSR count). The van der Waals surface area contributed by atoms with Gasteiger partial charge in [0.2, 0.25) is 0 Å². The number of nitrogens with zero attached hydrogens (tertiary/aromatic N) is 4. The van der Waals surface area contributed by atoms with E-state index in [4.69, 9.17) is 5.11 Å². The maximum Gasteiger partial charge on any atom is 0.177 e. The zero-order valence-electron chi connectivity index (χ0n) is 9.75. The Morgan fingerprint density at radius 1 is 1.53 bits per heavy atom. The maximum atomic E-state index is 9.08. The normalized spacial score (nSPS) is 11.0. The first-order chi connectivity index (χ1) is 8.24. The van der Waals surface area contributed by atoms with Gasteiger partial charge in [-0.2, -0.15) is 4.37 Å². The minimum atomic E-state index is 0.00125. The number of hydrogen-bond acceptors (Lipinski definition) is 6. The zero-order chi connectivity index (χ0) is 12.3. The molecule has 0 aliphatic rings. The van der Waals surface area contributed by atoms with Gasteiger partial charge in [0.25, 0.3) is 0 Å². The molecule has 0 unspecified atom stereocenters. The second kappa shape index (κ2) is 5.61. The van der Waals surface area contributed by atoms with Gasteiger partial charge in [0.1, 0.15) is 5.82 Å². The van der Waals surface area contributed by atoms with E-state index < -0.39 is 0 Å². The summed E-state index contributed by atoms with van der Waals surface area (Å²) in [6, 6.07) is 0. The van der Waals surface area contributed by atoms with Gasteiger partial charge in [0.05, 0.1) is 18.5 Å². The Hall–Kier alpha value is -0.920. The van der Waals surface area contributed by atoms with Crippen molar-refractivity contribution in [3.8, 4) is 0 Å². The number of hydrogen-bond donors (Lipinski definition) is 1. The molecule has 0 atom stereocenters. The van der Waals surface area contributed by atoms with Crippen molar-refractivity contribution in [2.75, 3.05) is 0 Å². The van der Waals surface area contributed by atoms with Crippen LogP contribution in [0.4, 0.5) is 0 Å². The van der Waals surface area contributed by atoms with Gasteiger partial charge >= 0.3 is 0 Å². The van der Waals surface area contributed by atoms with Crippen LogP contribution < -0.4 is 0 Å². The van der Waals surface area contributed by atoms with Crippen LogP contribution in [0.1, 0.15) is 24.9 Å². The van der Waals surface area contributed by atoms with E-state index in [1.54, 1.807) is 6.20 Å². The van der Waals surface area contributed by atoms with Gasteiger partial charge in [-0.3, -0.25) is 0 Å². The Morgan fingerprint density at radius 3 is 3.00 bits per heavy atom. The average molecular weight is 270 g/mol. The number of rotatable bonds is 5. The van der Waals surface area contributed by atoms with E-state index in [0.29, 0.717) is 0 Å². The third-order valence-electron chi connectivity index (χ3n) is 2.31. The summed E-state index contributed by atoms with van der Waals surface area (Å²) in [5.74, 6) is 0.900. The highest BCUT2D eigenvalue weighted by Crippen LogP contribution is 2.28. The minimum absolute atomic E-state index is 0.00125. The molecule has 0 aromatic carbocycles. The predicted octanol–water partition coefficient (Wildman–Crippen LogP) is 1.87. The van der Waals surface area contributed by atoms with Gasteiger partial charge in [-0.15, -0.1) is 0 Å². The number of aryl methyl sites for hydroxylation is 1. The fourth-order valence-corrected chi connectivity index (χ4v) is 2.96. The van der Waals surface area contributed by atoms with Gasteiger partial charge in [-0.05, 0) is 29.7 Å². The van der Waals surface area contributed by atoms with Crippen LogP contribution in [-0.4, -0.2) is 24.0 Å². The first-order valence-corrected chi connectivity index (χ1v) is 6.95. The molecule has 0 fully saturated rings. The highest BCUT2D eigenvalue weighted by Gasteiger charge is 2.11. The number of aliphatic hydroxyl groups is 1. The standard InChI is InChI=1S/C10H14N4OS2/c1-3-4-8-12-10(17-13-8)16-9-11-5-7(6-15)14(9)2/h5,15H,3-4,6H2,1-2H3. The monoisotopic (exact) mass is 270 g/mol. The molecule has 2 heterocycles. The topological polar surface area (TPSA) is 63.8 Å². The van der Waals surface area contributed by atoms with Gasteiger partial charge in [-0.1, -0.05) is 6.92 Å². The second-order valence-corrected chi connectivity index (χ2v) is 5.54. The number of aliphatic hydroxyl groups excluding tert-OH is 1. The molecule has 0 aliphatic carbocycles. The van der Waals surface area contributed by atoms with Crippen LogP contribution in [0, 0.1) is 0 Å². The Bertz CT molecular complexity index is 494. The van der Waals surface area contributed by atoms with Crippen LogP contribution in [0.15, 0.2) is 15.7 Å². The molecule has 2 aromatic heterocycles.